The summed E-state index contributed by atoms with van der Waals surface area (Å²) in [5.41, 5.74) is -0.683. The maximum absolute atomic E-state index is 13.1. The third-order valence-electron chi connectivity index (χ3n) is 4.53. The summed E-state index contributed by atoms with van der Waals surface area (Å²) in [5, 5.41) is 3.14. The van der Waals surface area contributed by atoms with E-state index in [1.807, 2.05) is 0 Å². The molecule has 0 amide bonds. The summed E-state index contributed by atoms with van der Waals surface area (Å²) in [6, 6.07) is 2.56. The number of hydrogen-bond acceptors (Lipinski definition) is 5. The number of nitrogens with one attached hydrogen (secondary N) is 1. The monoisotopic (exact) mass is 328 g/mol. The Kier molecular flexibility index (Phi) is 4.54. The van der Waals surface area contributed by atoms with Gasteiger partial charge < -0.3 is 15.0 Å². The number of piperazine rings is 1. The SMILES string of the molecule is O=C[C@@H]1C[C@H](N2CCN(c3ncccc3C(F)(F)F)CC2)CN1. The van der Waals surface area contributed by atoms with Gasteiger partial charge in [0.2, 0.25) is 0 Å². The number of carbonyl (C=O) groups is 1. The van der Waals surface area contributed by atoms with E-state index in [2.05, 4.69) is 15.2 Å². The molecule has 23 heavy (non-hydrogen) atoms. The summed E-state index contributed by atoms with van der Waals surface area (Å²) in [7, 11) is 0. The molecule has 2 fully saturated rings. The van der Waals surface area contributed by atoms with Crippen LogP contribution in [0.4, 0.5) is 19.0 Å². The highest BCUT2D eigenvalue weighted by Crippen LogP contribution is 2.35. The Hall–Kier alpha value is -1.67. The molecule has 0 aromatic carbocycles. The molecular formula is C15H19F3N4O. The van der Waals surface area contributed by atoms with E-state index in [1.54, 1.807) is 4.90 Å². The van der Waals surface area contributed by atoms with Crippen LogP contribution in [0.5, 0.6) is 0 Å². The van der Waals surface area contributed by atoms with Crippen molar-refractivity contribution in [2.24, 2.45) is 0 Å². The first-order valence-electron chi connectivity index (χ1n) is 7.69. The molecule has 1 N–H and O–H groups in total. The van der Waals surface area contributed by atoms with Crippen molar-refractivity contribution in [2.45, 2.75) is 24.7 Å². The highest BCUT2D eigenvalue weighted by molar-refractivity contribution is 5.58. The van der Waals surface area contributed by atoms with Crippen molar-refractivity contribution in [2.75, 3.05) is 37.6 Å². The van der Waals surface area contributed by atoms with E-state index in [0.717, 1.165) is 25.3 Å². The predicted octanol–water partition coefficient (Wildman–Crippen LogP) is 1.15. The largest absolute Gasteiger partial charge is 0.419 e. The summed E-state index contributed by atoms with van der Waals surface area (Å²) in [6.07, 6.45) is -1.32. The van der Waals surface area contributed by atoms with Gasteiger partial charge in [-0.2, -0.15) is 13.2 Å². The second-order valence-corrected chi connectivity index (χ2v) is 5.94. The minimum Gasteiger partial charge on any atom is -0.354 e. The fourth-order valence-corrected chi connectivity index (χ4v) is 3.30. The molecule has 0 unspecified atom stereocenters. The van der Waals surface area contributed by atoms with Crippen LogP contribution < -0.4 is 10.2 Å². The molecule has 0 spiro atoms. The van der Waals surface area contributed by atoms with Gasteiger partial charge in [-0.15, -0.1) is 0 Å². The Morgan fingerprint density at radius 3 is 2.61 bits per heavy atom. The quantitative estimate of drug-likeness (QED) is 0.844. The van der Waals surface area contributed by atoms with Crippen molar-refractivity contribution in [3.05, 3.63) is 23.9 Å². The standard InChI is InChI=1S/C15H19F3N4O/c16-15(17,18)13-2-1-3-19-14(13)22-6-4-21(5-7-22)12-8-11(10-23)20-9-12/h1-3,10-12,20H,4-9H2/t11-,12-/m0/s1. The van der Waals surface area contributed by atoms with Gasteiger partial charge in [-0.25, -0.2) is 4.98 Å². The molecule has 3 rings (SSSR count). The van der Waals surface area contributed by atoms with Crippen molar-refractivity contribution in [3.63, 3.8) is 0 Å². The lowest BCUT2D eigenvalue weighted by molar-refractivity contribution is -0.137. The van der Waals surface area contributed by atoms with Crippen LogP contribution in [0.15, 0.2) is 18.3 Å². The number of rotatable bonds is 3. The van der Waals surface area contributed by atoms with E-state index < -0.39 is 11.7 Å². The van der Waals surface area contributed by atoms with Crippen molar-refractivity contribution >= 4 is 12.1 Å². The van der Waals surface area contributed by atoms with Gasteiger partial charge in [0.1, 0.15) is 12.1 Å². The van der Waals surface area contributed by atoms with Gasteiger partial charge in [-0.3, -0.25) is 4.90 Å². The van der Waals surface area contributed by atoms with E-state index in [0.29, 0.717) is 26.2 Å². The van der Waals surface area contributed by atoms with E-state index in [-0.39, 0.29) is 17.9 Å². The number of aromatic nitrogens is 1. The minimum absolute atomic E-state index is 0.00923. The van der Waals surface area contributed by atoms with Gasteiger partial charge in [-0.05, 0) is 18.6 Å². The topological polar surface area (TPSA) is 48.5 Å². The van der Waals surface area contributed by atoms with E-state index >= 15 is 0 Å². The number of halogens is 3. The van der Waals surface area contributed by atoms with Crippen LogP contribution in [-0.4, -0.2) is 61.0 Å². The Bertz CT molecular complexity index is 558. The number of nitrogens with zero attached hydrogens (tertiary/aromatic N) is 3. The van der Waals surface area contributed by atoms with Crippen LogP contribution in [0.2, 0.25) is 0 Å². The Balaban J connectivity index is 1.65. The molecule has 1 aromatic heterocycles. The lowest BCUT2D eigenvalue weighted by Gasteiger charge is -2.39. The van der Waals surface area contributed by atoms with Crippen LogP contribution >= 0.6 is 0 Å². The fourth-order valence-electron chi connectivity index (χ4n) is 3.30. The third-order valence-corrected chi connectivity index (χ3v) is 4.53. The van der Waals surface area contributed by atoms with Crippen molar-refractivity contribution in [1.82, 2.24) is 15.2 Å². The molecule has 3 heterocycles. The zero-order valence-corrected chi connectivity index (χ0v) is 12.6. The molecule has 126 valence electrons. The number of anilines is 1. The molecule has 0 radical (unpaired) electrons. The zero-order valence-electron chi connectivity index (χ0n) is 12.6. The molecule has 0 aliphatic carbocycles. The molecule has 0 bridgehead atoms. The van der Waals surface area contributed by atoms with Gasteiger partial charge in [0, 0.05) is 45.0 Å². The molecule has 0 saturated carbocycles. The molecular weight excluding hydrogens is 309 g/mol. The Morgan fingerprint density at radius 1 is 1.26 bits per heavy atom. The summed E-state index contributed by atoms with van der Waals surface area (Å²) < 4.78 is 39.3. The summed E-state index contributed by atoms with van der Waals surface area (Å²) in [5.74, 6) is 0.00923. The summed E-state index contributed by atoms with van der Waals surface area (Å²) in [4.78, 5) is 18.7. The minimum atomic E-state index is -4.40. The number of pyridine rings is 1. The number of carbonyl (C=O) groups excluding carboxylic acids is 1. The van der Waals surface area contributed by atoms with Gasteiger partial charge in [0.15, 0.2) is 0 Å². The highest BCUT2D eigenvalue weighted by Gasteiger charge is 2.37. The molecule has 8 heteroatoms. The van der Waals surface area contributed by atoms with E-state index in [4.69, 9.17) is 0 Å². The van der Waals surface area contributed by atoms with Crippen molar-refractivity contribution in [3.8, 4) is 0 Å². The fraction of sp³-hybridized carbons (Fsp3) is 0.600. The molecule has 5 nitrogen and oxygen atoms in total. The van der Waals surface area contributed by atoms with Crippen LogP contribution in [0, 0.1) is 0 Å². The summed E-state index contributed by atoms with van der Waals surface area (Å²) >= 11 is 0. The lowest BCUT2D eigenvalue weighted by Crippen LogP contribution is -2.51. The first-order valence-corrected chi connectivity index (χ1v) is 7.69. The van der Waals surface area contributed by atoms with Gasteiger partial charge in [-0.1, -0.05) is 0 Å². The zero-order chi connectivity index (χ0) is 16.4. The highest BCUT2D eigenvalue weighted by atomic mass is 19.4. The predicted molar refractivity (Wildman–Crippen MR) is 79.3 cm³/mol. The van der Waals surface area contributed by atoms with Crippen LogP contribution in [0.3, 0.4) is 0 Å². The maximum Gasteiger partial charge on any atom is 0.419 e. The summed E-state index contributed by atoms with van der Waals surface area (Å²) in [6.45, 7) is 3.10. The molecule has 2 atom stereocenters. The molecule has 2 aliphatic heterocycles. The lowest BCUT2D eigenvalue weighted by atomic mass is 10.1. The average Bonchev–Trinajstić information content (AvgIpc) is 3.03. The second kappa shape index (κ2) is 6.45. The number of aldehydes is 1. The van der Waals surface area contributed by atoms with E-state index in [9.17, 15) is 18.0 Å². The first kappa shape index (κ1) is 16.2. The van der Waals surface area contributed by atoms with Crippen molar-refractivity contribution in [1.29, 1.82) is 0 Å². The molecule has 2 saturated heterocycles. The van der Waals surface area contributed by atoms with Gasteiger partial charge >= 0.3 is 6.18 Å². The smallest absolute Gasteiger partial charge is 0.354 e. The Morgan fingerprint density at radius 2 is 2.00 bits per heavy atom. The average molecular weight is 328 g/mol. The number of alkyl halides is 3. The second-order valence-electron chi connectivity index (χ2n) is 5.94. The molecule has 1 aromatic rings. The van der Waals surface area contributed by atoms with E-state index in [1.165, 1.54) is 12.3 Å². The first-order chi connectivity index (χ1) is 11.0. The van der Waals surface area contributed by atoms with Crippen LogP contribution in [0.1, 0.15) is 12.0 Å². The van der Waals surface area contributed by atoms with Gasteiger partial charge in [0.25, 0.3) is 0 Å². The maximum atomic E-state index is 13.1. The number of hydrogen-bond donors (Lipinski definition) is 1. The van der Waals surface area contributed by atoms with Crippen LogP contribution in [-0.2, 0) is 11.0 Å². The van der Waals surface area contributed by atoms with Crippen LogP contribution in [0.25, 0.3) is 0 Å². The van der Waals surface area contributed by atoms with Crippen molar-refractivity contribution < 1.29 is 18.0 Å². The molecule has 2 aliphatic rings. The normalized spacial score (nSPS) is 26.5. The van der Waals surface area contributed by atoms with Gasteiger partial charge in [0.05, 0.1) is 11.6 Å². The Labute approximate surface area is 132 Å². The third kappa shape index (κ3) is 3.48.